The maximum absolute atomic E-state index is 12.7. The Hall–Kier alpha value is -3.72. The minimum absolute atomic E-state index is 0.122. The van der Waals surface area contributed by atoms with Crippen LogP contribution in [0, 0.1) is 18.3 Å². The average Bonchev–Trinajstić information content (AvgIpc) is 3.04. The SMILES string of the molecule is C=Cc1cn(CC(=O)c2cnn(Cc3ccccc3)c2C)c(=O)cc1C#N. The van der Waals surface area contributed by atoms with Crippen molar-refractivity contribution >= 4 is 11.9 Å². The molecule has 0 unspecified atom stereocenters. The van der Waals surface area contributed by atoms with Gasteiger partial charge in [0.15, 0.2) is 5.78 Å². The molecule has 0 amide bonds. The molecule has 3 rings (SSSR count). The summed E-state index contributed by atoms with van der Waals surface area (Å²) in [5, 5.41) is 13.4. The summed E-state index contributed by atoms with van der Waals surface area (Å²) in [4.78, 5) is 24.9. The van der Waals surface area contributed by atoms with E-state index >= 15 is 0 Å². The molecule has 1 aromatic carbocycles. The molecule has 0 spiro atoms. The summed E-state index contributed by atoms with van der Waals surface area (Å²) in [6.07, 6.45) is 4.50. The molecular weight excluding hydrogens is 340 g/mol. The van der Waals surface area contributed by atoms with E-state index < -0.39 is 5.56 Å². The van der Waals surface area contributed by atoms with Gasteiger partial charge in [0.2, 0.25) is 0 Å². The van der Waals surface area contributed by atoms with Crippen molar-refractivity contribution < 1.29 is 4.79 Å². The van der Waals surface area contributed by atoms with Gasteiger partial charge in [-0.15, -0.1) is 0 Å². The van der Waals surface area contributed by atoms with Crippen LogP contribution in [0.2, 0.25) is 0 Å². The third-order valence-corrected chi connectivity index (χ3v) is 4.39. The van der Waals surface area contributed by atoms with E-state index in [1.54, 1.807) is 4.68 Å². The Morgan fingerprint density at radius 1 is 1.33 bits per heavy atom. The summed E-state index contributed by atoms with van der Waals surface area (Å²) in [5.41, 5.74) is 2.66. The maximum atomic E-state index is 12.7. The van der Waals surface area contributed by atoms with E-state index in [2.05, 4.69) is 11.7 Å². The molecule has 0 aliphatic heterocycles. The predicted octanol–water partition coefficient (Wildman–Crippen LogP) is 2.80. The first-order chi connectivity index (χ1) is 13.0. The molecule has 134 valence electrons. The number of hydrogen-bond acceptors (Lipinski definition) is 4. The molecule has 0 saturated carbocycles. The van der Waals surface area contributed by atoms with Crippen LogP contribution in [-0.4, -0.2) is 20.1 Å². The van der Waals surface area contributed by atoms with Gasteiger partial charge >= 0.3 is 0 Å². The average molecular weight is 358 g/mol. The van der Waals surface area contributed by atoms with Crippen molar-refractivity contribution in [1.29, 1.82) is 5.26 Å². The first-order valence-corrected chi connectivity index (χ1v) is 8.40. The molecule has 0 saturated heterocycles. The number of Topliss-reactive ketones (excluding diaryl/α,β-unsaturated/α-hetero) is 1. The van der Waals surface area contributed by atoms with Crippen LogP contribution in [0.5, 0.6) is 0 Å². The molecule has 27 heavy (non-hydrogen) atoms. The maximum Gasteiger partial charge on any atom is 0.252 e. The summed E-state index contributed by atoms with van der Waals surface area (Å²) in [6.45, 7) is 5.92. The van der Waals surface area contributed by atoms with E-state index in [1.165, 1.54) is 29.1 Å². The zero-order valence-corrected chi connectivity index (χ0v) is 14.9. The fourth-order valence-electron chi connectivity index (χ4n) is 2.85. The van der Waals surface area contributed by atoms with Gasteiger partial charge in [-0.1, -0.05) is 43.0 Å². The highest BCUT2D eigenvalue weighted by Gasteiger charge is 2.16. The van der Waals surface area contributed by atoms with Crippen LogP contribution in [0.3, 0.4) is 0 Å². The number of aromatic nitrogens is 3. The summed E-state index contributed by atoms with van der Waals surface area (Å²) >= 11 is 0. The molecule has 2 heterocycles. The van der Waals surface area contributed by atoms with Gasteiger partial charge in [0.1, 0.15) is 6.07 Å². The van der Waals surface area contributed by atoms with E-state index in [1.807, 2.05) is 43.3 Å². The van der Waals surface area contributed by atoms with Crippen molar-refractivity contribution in [2.75, 3.05) is 0 Å². The van der Waals surface area contributed by atoms with Crippen LogP contribution < -0.4 is 5.56 Å². The van der Waals surface area contributed by atoms with E-state index in [9.17, 15) is 9.59 Å². The van der Waals surface area contributed by atoms with Gasteiger partial charge in [-0.05, 0) is 12.5 Å². The fraction of sp³-hybridized carbons (Fsp3) is 0.143. The Balaban J connectivity index is 1.85. The number of nitrogens with zero attached hydrogens (tertiary/aromatic N) is 4. The second-order valence-corrected chi connectivity index (χ2v) is 6.13. The number of ketones is 1. The van der Waals surface area contributed by atoms with E-state index in [-0.39, 0.29) is 17.9 Å². The van der Waals surface area contributed by atoms with Gasteiger partial charge in [0.25, 0.3) is 5.56 Å². The van der Waals surface area contributed by atoms with Crippen molar-refractivity contribution in [2.45, 2.75) is 20.0 Å². The summed E-state index contributed by atoms with van der Waals surface area (Å²) < 4.78 is 3.05. The van der Waals surface area contributed by atoms with Crippen LogP contribution >= 0.6 is 0 Å². The van der Waals surface area contributed by atoms with Crippen LogP contribution in [0.4, 0.5) is 0 Å². The van der Waals surface area contributed by atoms with Crippen molar-refractivity contribution in [3.05, 3.63) is 93.7 Å². The molecule has 0 bridgehead atoms. The molecule has 0 aliphatic rings. The summed E-state index contributed by atoms with van der Waals surface area (Å²) in [7, 11) is 0. The number of carbonyl (C=O) groups excluding carboxylic acids is 1. The van der Waals surface area contributed by atoms with E-state index in [4.69, 9.17) is 5.26 Å². The molecule has 3 aromatic rings. The number of nitriles is 1. The number of pyridine rings is 1. The van der Waals surface area contributed by atoms with Gasteiger partial charge in [-0.3, -0.25) is 14.3 Å². The zero-order valence-electron chi connectivity index (χ0n) is 14.9. The lowest BCUT2D eigenvalue weighted by atomic mass is 10.1. The predicted molar refractivity (Wildman–Crippen MR) is 102 cm³/mol. The zero-order chi connectivity index (χ0) is 19.4. The largest absolute Gasteiger partial charge is 0.307 e. The number of rotatable bonds is 6. The second kappa shape index (κ2) is 7.67. The smallest absolute Gasteiger partial charge is 0.252 e. The molecule has 2 aromatic heterocycles. The summed E-state index contributed by atoms with van der Waals surface area (Å²) in [6, 6.07) is 13.0. The standard InChI is InChI=1S/C21H18N4O2/c1-3-17-13-24(21(27)9-18(17)10-22)14-20(26)19-11-23-25(15(19)2)12-16-7-5-4-6-8-16/h3-9,11,13H,1,12,14H2,2H3. The topological polar surface area (TPSA) is 80.7 Å². The molecule has 0 radical (unpaired) electrons. The van der Waals surface area contributed by atoms with Crippen LogP contribution in [-0.2, 0) is 13.1 Å². The normalized spacial score (nSPS) is 10.4. The van der Waals surface area contributed by atoms with Gasteiger partial charge in [0, 0.05) is 23.5 Å². The minimum Gasteiger partial charge on any atom is -0.307 e. The van der Waals surface area contributed by atoms with Gasteiger partial charge < -0.3 is 4.57 Å². The third-order valence-electron chi connectivity index (χ3n) is 4.39. The Morgan fingerprint density at radius 3 is 2.74 bits per heavy atom. The Kier molecular flexibility index (Phi) is 5.13. The highest BCUT2D eigenvalue weighted by molar-refractivity contribution is 5.96. The highest BCUT2D eigenvalue weighted by Crippen LogP contribution is 2.12. The Bertz CT molecular complexity index is 1100. The third kappa shape index (κ3) is 3.77. The van der Waals surface area contributed by atoms with Crippen LogP contribution in [0.15, 0.2) is 60.2 Å². The van der Waals surface area contributed by atoms with Crippen molar-refractivity contribution in [3.8, 4) is 6.07 Å². The fourth-order valence-corrected chi connectivity index (χ4v) is 2.85. The molecule has 6 heteroatoms. The van der Waals surface area contributed by atoms with E-state index in [0.717, 1.165) is 11.3 Å². The van der Waals surface area contributed by atoms with E-state index in [0.29, 0.717) is 17.7 Å². The first kappa shape index (κ1) is 18.1. The van der Waals surface area contributed by atoms with Gasteiger partial charge in [0.05, 0.1) is 30.4 Å². The number of benzene rings is 1. The molecular formula is C21H18N4O2. The highest BCUT2D eigenvalue weighted by atomic mass is 16.1. The lowest BCUT2D eigenvalue weighted by Gasteiger charge is -2.08. The molecule has 0 N–H and O–H groups in total. The minimum atomic E-state index is -0.403. The number of hydrogen-bond donors (Lipinski definition) is 0. The van der Waals surface area contributed by atoms with Crippen LogP contribution in [0.25, 0.3) is 6.08 Å². The van der Waals surface area contributed by atoms with Crippen molar-refractivity contribution in [2.24, 2.45) is 0 Å². The van der Waals surface area contributed by atoms with Gasteiger partial charge in [-0.2, -0.15) is 10.4 Å². The molecule has 6 nitrogen and oxygen atoms in total. The molecule has 0 fully saturated rings. The van der Waals surface area contributed by atoms with Crippen molar-refractivity contribution in [1.82, 2.24) is 14.3 Å². The monoisotopic (exact) mass is 358 g/mol. The van der Waals surface area contributed by atoms with Gasteiger partial charge in [-0.25, -0.2) is 0 Å². The second-order valence-electron chi connectivity index (χ2n) is 6.13. The van der Waals surface area contributed by atoms with Crippen molar-refractivity contribution in [3.63, 3.8) is 0 Å². The Labute approximate surface area is 156 Å². The summed E-state index contributed by atoms with van der Waals surface area (Å²) in [5.74, 6) is -0.214. The Morgan fingerprint density at radius 2 is 2.07 bits per heavy atom. The number of carbonyl (C=O) groups is 1. The quantitative estimate of drug-likeness (QED) is 0.635. The van der Waals surface area contributed by atoms with Crippen LogP contribution in [0.1, 0.15) is 32.7 Å². The first-order valence-electron chi connectivity index (χ1n) is 8.40. The lowest BCUT2D eigenvalue weighted by molar-refractivity contribution is 0.0970. The molecule has 0 atom stereocenters. The molecule has 0 aliphatic carbocycles. The lowest BCUT2D eigenvalue weighted by Crippen LogP contribution is -2.24.